The average molecular weight is 382 g/mol. The van der Waals surface area contributed by atoms with Gasteiger partial charge < -0.3 is 0 Å². The van der Waals surface area contributed by atoms with Gasteiger partial charge in [-0.05, 0) is 58.5 Å². The van der Waals surface area contributed by atoms with E-state index in [-0.39, 0.29) is 33.7 Å². The number of hydrogen-bond donors (Lipinski definition) is 0. The zero-order valence-electron chi connectivity index (χ0n) is 17.4. The molecule has 148 valence electrons. The minimum Gasteiger partial charge on any atom is -0.289 e. The molecule has 0 amide bonds. The number of nitroso groups, excluding NO2 is 2. The summed E-state index contributed by atoms with van der Waals surface area (Å²) in [5, 5.41) is 14.3. The lowest BCUT2D eigenvalue weighted by Gasteiger charge is -2.35. The predicted molar refractivity (Wildman–Crippen MR) is 110 cm³/mol. The molecule has 0 bridgehead atoms. The number of carbonyl (C=O) groups is 1. The summed E-state index contributed by atoms with van der Waals surface area (Å²) in [5.41, 5.74) is 0.0879. The van der Waals surface area contributed by atoms with Crippen LogP contribution in [0, 0.1) is 20.6 Å². The van der Waals surface area contributed by atoms with Crippen molar-refractivity contribution in [2.75, 3.05) is 0 Å². The summed E-state index contributed by atoms with van der Waals surface area (Å²) in [6, 6.07) is 4.17. The lowest BCUT2D eigenvalue weighted by atomic mass is 9.69. The summed E-state index contributed by atoms with van der Waals surface area (Å²) < 4.78 is 0. The zero-order chi connectivity index (χ0) is 21.3. The van der Waals surface area contributed by atoms with Gasteiger partial charge in [0.2, 0.25) is 0 Å². The smallest absolute Gasteiger partial charge is 0.185 e. The molecule has 1 aromatic carbocycles. The molecule has 0 aliphatic heterocycles. The Labute approximate surface area is 165 Å². The Morgan fingerprint density at radius 1 is 0.821 bits per heavy atom. The average Bonchev–Trinajstić information content (AvgIpc) is 2.60. The number of nitrogens with zero attached hydrogens (tertiary/aromatic N) is 4. The number of carbonyl (C=O) groups excluding carboxylic acids is 1. The van der Waals surface area contributed by atoms with Crippen LogP contribution in [-0.4, -0.2) is 11.3 Å². The number of hydrogen-bond acceptors (Lipinski definition) is 7. The maximum atomic E-state index is 13.0. The molecular weight excluding hydrogens is 356 g/mol. The van der Waals surface area contributed by atoms with Crippen molar-refractivity contribution in [1.29, 1.82) is 0 Å². The van der Waals surface area contributed by atoms with Gasteiger partial charge in [0.1, 0.15) is 22.6 Å². The first kappa shape index (κ1) is 21.5. The molecule has 0 spiro atoms. The fourth-order valence-electron chi connectivity index (χ4n) is 2.96. The highest BCUT2D eigenvalue weighted by atomic mass is 16.3. The molecule has 1 aliphatic rings. The van der Waals surface area contributed by atoms with Crippen LogP contribution in [0.25, 0.3) is 0 Å². The molecule has 0 heterocycles. The van der Waals surface area contributed by atoms with Crippen LogP contribution in [0.2, 0.25) is 0 Å². The first-order valence-electron chi connectivity index (χ1n) is 9.06. The Kier molecular flexibility index (Phi) is 5.59. The molecular formula is C21H26N4O3. The van der Waals surface area contributed by atoms with Gasteiger partial charge in [0.25, 0.3) is 0 Å². The number of allylic oxidation sites excluding steroid dienone is 2. The molecule has 0 unspecified atom stereocenters. The maximum Gasteiger partial charge on any atom is 0.185 e. The van der Waals surface area contributed by atoms with E-state index in [4.69, 9.17) is 0 Å². The van der Waals surface area contributed by atoms with Crippen LogP contribution in [0.1, 0.15) is 48.5 Å². The molecule has 1 aliphatic carbocycles. The van der Waals surface area contributed by atoms with Gasteiger partial charge >= 0.3 is 0 Å². The van der Waals surface area contributed by atoms with Crippen molar-refractivity contribution < 1.29 is 4.79 Å². The van der Waals surface area contributed by atoms with Crippen molar-refractivity contribution in [3.05, 3.63) is 51.3 Å². The molecule has 28 heavy (non-hydrogen) atoms. The third kappa shape index (κ3) is 4.52. The van der Waals surface area contributed by atoms with Gasteiger partial charge in [-0.2, -0.15) is 10.2 Å². The molecule has 0 atom stereocenters. The topological polar surface area (TPSA) is 101 Å². The lowest BCUT2D eigenvalue weighted by Crippen LogP contribution is -2.34. The van der Waals surface area contributed by atoms with E-state index in [0.717, 1.165) is 0 Å². The van der Waals surface area contributed by atoms with E-state index in [1.54, 1.807) is 0 Å². The molecule has 0 saturated carbocycles. The summed E-state index contributed by atoms with van der Waals surface area (Å²) in [6.45, 7) is 13.8. The van der Waals surface area contributed by atoms with Gasteiger partial charge in [0.15, 0.2) is 5.78 Å². The molecule has 7 nitrogen and oxygen atoms in total. The van der Waals surface area contributed by atoms with E-state index in [2.05, 4.69) is 20.6 Å². The Morgan fingerprint density at radius 3 is 1.79 bits per heavy atom. The van der Waals surface area contributed by atoms with Gasteiger partial charge in [-0.25, -0.2) is 0 Å². The molecule has 7 heteroatoms. The first-order chi connectivity index (χ1) is 12.8. The van der Waals surface area contributed by atoms with Gasteiger partial charge in [0.05, 0.1) is 0 Å². The van der Waals surface area contributed by atoms with E-state index in [9.17, 15) is 14.6 Å². The number of benzene rings is 1. The molecule has 0 N–H and O–H groups in total. The fourth-order valence-corrected chi connectivity index (χ4v) is 2.96. The molecule has 0 saturated heterocycles. The third-order valence-corrected chi connectivity index (χ3v) is 4.51. The van der Waals surface area contributed by atoms with Crippen molar-refractivity contribution in [3.8, 4) is 0 Å². The zero-order valence-corrected chi connectivity index (χ0v) is 17.4. The van der Waals surface area contributed by atoms with Gasteiger partial charge in [0, 0.05) is 11.1 Å². The largest absolute Gasteiger partial charge is 0.289 e. The normalized spacial score (nSPS) is 17.3. The van der Waals surface area contributed by atoms with Crippen molar-refractivity contribution in [3.63, 3.8) is 0 Å². The van der Waals surface area contributed by atoms with Crippen LogP contribution in [0.3, 0.4) is 0 Å². The number of rotatable bonds is 4. The van der Waals surface area contributed by atoms with Crippen LogP contribution >= 0.6 is 0 Å². The second-order valence-electron chi connectivity index (χ2n) is 9.23. The Morgan fingerprint density at radius 2 is 1.36 bits per heavy atom. The fraction of sp³-hybridized carbons (Fsp3) is 0.476. The van der Waals surface area contributed by atoms with Crippen LogP contribution in [0.15, 0.2) is 62.1 Å². The molecule has 1 aromatic rings. The second kappa shape index (κ2) is 7.30. The maximum absolute atomic E-state index is 13.0. The van der Waals surface area contributed by atoms with Gasteiger partial charge in [-0.1, -0.05) is 41.5 Å². The van der Waals surface area contributed by atoms with Gasteiger partial charge in [-0.3, -0.25) is 4.79 Å². The quantitative estimate of drug-likeness (QED) is 0.420. The van der Waals surface area contributed by atoms with Crippen molar-refractivity contribution in [2.24, 2.45) is 31.4 Å². The predicted octanol–water partition coefficient (Wildman–Crippen LogP) is 6.85. The first-order valence-corrected chi connectivity index (χ1v) is 9.06. The van der Waals surface area contributed by atoms with E-state index in [0.29, 0.717) is 11.1 Å². The number of Topliss-reactive ketones (excluding diaryl/α,β-unsaturated/α-hetero) is 1. The highest BCUT2D eigenvalue weighted by molar-refractivity contribution is 6.11. The SMILES string of the molecule is CC1(N=Nc2ccc(N=O)cc2N=O)C=C(C(C)(C)C)C(=O)C(C(C)(C)C)=C1. The van der Waals surface area contributed by atoms with E-state index < -0.39 is 5.54 Å². The third-order valence-electron chi connectivity index (χ3n) is 4.51. The Hall–Kier alpha value is -2.83. The summed E-state index contributed by atoms with van der Waals surface area (Å²) in [7, 11) is 0. The summed E-state index contributed by atoms with van der Waals surface area (Å²) in [5.74, 6) is 0.0179. The lowest BCUT2D eigenvalue weighted by molar-refractivity contribution is -0.114. The van der Waals surface area contributed by atoms with Gasteiger partial charge in [-0.15, -0.1) is 9.81 Å². The number of ketones is 1. The van der Waals surface area contributed by atoms with Crippen LogP contribution < -0.4 is 0 Å². The highest BCUT2D eigenvalue weighted by Gasteiger charge is 2.39. The van der Waals surface area contributed by atoms with E-state index in [1.807, 2.05) is 60.6 Å². The summed E-state index contributed by atoms with van der Waals surface area (Å²) in [4.78, 5) is 34.8. The van der Waals surface area contributed by atoms with Crippen LogP contribution in [0.5, 0.6) is 0 Å². The Balaban J connectivity index is 2.58. The summed E-state index contributed by atoms with van der Waals surface area (Å²) >= 11 is 0. The molecule has 2 rings (SSSR count). The molecule has 0 fully saturated rings. The van der Waals surface area contributed by atoms with E-state index in [1.165, 1.54) is 18.2 Å². The Bertz CT molecular complexity index is 879. The minimum absolute atomic E-state index is 0.0172. The van der Waals surface area contributed by atoms with Crippen molar-refractivity contribution >= 4 is 22.8 Å². The van der Waals surface area contributed by atoms with E-state index >= 15 is 0 Å². The van der Waals surface area contributed by atoms with Crippen LogP contribution in [-0.2, 0) is 4.79 Å². The van der Waals surface area contributed by atoms with Crippen molar-refractivity contribution in [2.45, 2.75) is 54.0 Å². The molecule has 0 radical (unpaired) electrons. The monoisotopic (exact) mass is 382 g/mol. The minimum atomic E-state index is -0.860. The second-order valence-corrected chi connectivity index (χ2v) is 9.23. The van der Waals surface area contributed by atoms with Crippen LogP contribution in [0.4, 0.5) is 17.1 Å². The van der Waals surface area contributed by atoms with Crippen molar-refractivity contribution in [1.82, 2.24) is 0 Å². The number of azo groups is 1. The standard InChI is InChI=1S/C21H26N4O3/c1-19(2,3)14-11-21(7,12-15(18(14)26)20(4,5)6)25-22-16-9-8-13(23-27)10-17(16)24-28/h8-12H,1-7H3. The summed E-state index contributed by atoms with van der Waals surface area (Å²) in [6.07, 6.45) is 3.65. The molecule has 0 aromatic heterocycles. The highest BCUT2D eigenvalue weighted by Crippen LogP contribution is 2.42.